The third-order valence-corrected chi connectivity index (χ3v) is 4.82. The number of rotatable bonds is 4. The van der Waals surface area contributed by atoms with E-state index in [-0.39, 0.29) is 5.91 Å². The molecule has 25 heavy (non-hydrogen) atoms. The Morgan fingerprint density at radius 2 is 1.88 bits per heavy atom. The van der Waals surface area contributed by atoms with Crippen LogP contribution in [0.5, 0.6) is 0 Å². The Bertz CT molecular complexity index is 927. The van der Waals surface area contributed by atoms with Crippen molar-refractivity contribution in [2.45, 2.75) is 46.6 Å². The van der Waals surface area contributed by atoms with Gasteiger partial charge in [-0.05, 0) is 45.7 Å². The van der Waals surface area contributed by atoms with E-state index in [4.69, 9.17) is 0 Å². The van der Waals surface area contributed by atoms with Crippen molar-refractivity contribution < 1.29 is 4.79 Å². The molecule has 5 heteroatoms. The van der Waals surface area contributed by atoms with Crippen molar-refractivity contribution in [3.63, 3.8) is 0 Å². The zero-order valence-electron chi connectivity index (χ0n) is 15.4. The molecule has 0 saturated carbocycles. The number of carbonyl (C=O) groups excluding carboxylic acids is 1. The highest BCUT2D eigenvalue weighted by atomic mass is 16.2. The molecule has 3 rings (SSSR count). The molecule has 0 aliphatic carbocycles. The van der Waals surface area contributed by atoms with E-state index in [1.807, 2.05) is 31.2 Å². The van der Waals surface area contributed by atoms with Gasteiger partial charge in [0, 0.05) is 11.4 Å². The number of hydrogen-bond donors (Lipinski definition) is 1. The van der Waals surface area contributed by atoms with Crippen LogP contribution in [0, 0.1) is 20.8 Å². The molecule has 3 aromatic rings. The Balaban J connectivity index is 1.97. The number of aryl methyl sites for hydroxylation is 3. The molecule has 0 saturated heterocycles. The Kier molecular flexibility index (Phi) is 4.33. The van der Waals surface area contributed by atoms with E-state index in [0.29, 0.717) is 11.3 Å². The summed E-state index contributed by atoms with van der Waals surface area (Å²) in [6.07, 6.45) is 2.43. The Morgan fingerprint density at radius 1 is 1.20 bits per heavy atom. The fourth-order valence-electron chi connectivity index (χ4n) is 3.03. The summed E-state index contributed by atoms with van der Waals surface area (Å²) < 4.78 is 1.84. The fraction of sp³-hybridized carbons (Fsp3) is 0.350. The summed E-state index contributed by atoms with van der Waals surface area (Å²) in [5.74, 6) is -0.204. The van der Waals surface area contributed by atoms with E-state index in [1.165, 1.54) is 5.56 Å². The minimum Gasteiger partial charge on any atom is -0.341 e. The van der Waals surface area contributed by atoms with Gasteiger partial charge in [0.25, 0.3) is 5.91 Å². The molecule has 2 aromatic heterocycles. The lowest BCUT2D eigenvalue weighted by Gasteiger charge is -2.30. The van der Waals surface area contributed by atoms with Crippen LogP contribution in [0.15, 0.2) is 36.7 Å². The highest BCUT2D eigenvalue weighted by molar-refractivity contribution is 5.98. The predicted octanol–water partition coefficient (Wildman–Crippen LogP) is 3.71. The number of carbonyl (C=O) groups is 1. The number of amides is 1. The maximum absolute atomic E-state index is 12.9. The summed E-state index contributed by atoms with van der Waals surface area (Å²) in [6.45, 7) is 10.1. The van der Waals surface area contributed by atoms with Crippen LogP contribution in [-0.2, 0) is 5.54 Å². The Morgan fingerprint density at radius 3 is 2.52 bits per heavy atom. The number of aromatic nitrogens is 3. The highest BCUT2D eigenvalue weighted by Gasteiger charge is 2.29. The Labute approximate surface area is 148 Å². The SMILES string of the molecule is CCC(C)(NC(=O)c1ncn2c(C)cc(C)nc12)c1ccc(C)cc1. The second-order valence-electron chi connectivity index (χ2n) is 6.83. The minimum absolute atomic E-state index is 0.204. The third-order valence-electron chi connectivity index (χ3n) is 4.82. The molecule has 0 aliphatic heterocycles. The van der Waals surface area contributed by atoms with Gasteiger partial charge in [0.1, 0.15) is 6.33 Å². The van der Waals surface area contributed by atoms with Crippen molar-refractivity contribution in [2.24, 2.45) is 0 Å². The molecule has 0 bridgehead atoms. The van der Waals surface area contributed by atoms with E-state index in [2.05, 4.69) is 53.4 Å². The largest absolute Gasteiger partial charge is 0.341 e. The van der Waals surface area contributed by atoms with Crippen molar-refractivity contribution in [2.75, 3.05) is 0 Å². The van der Waals surface area contributed by atoms with E-state index in [0.717, 1.165) is 23.4 Å². The van der Waals surface area contributed by atoms with E-state index < -0.39 is 5.54 Å². The number of nitrogens with one attached hydrogen (secondary N) is 1. The summed E-state index contributed by atoms with van der Waals surface area (Å²) in [6, 6.07) is 10.2. The summed E-state index contributed by atoms with van der Waals surface area (Å²) in [7, 11) is 0. The molecule has 0 radical (unpaired) electrons. The van der Waals surface area contributed by atoms with Crippen LogP contribution >= 0.6 is 0 Å². The molecule has 5 nitrogen and oxygen atoms in total. The van der Waals surface area contributed by atoms with Gasteiger partial charge in [0.15, 0.2) is 11.3 Å². The average molecular weight is 336 g/mol. The van der Waals surface area contributed by atoms with Gasteiger partial charge in [-0.25, -0.2) is 9.97 Å². The predicted molar refractivity (Wildman–Crippen MR) is 98.7 cm³/mol. The van der Waals surface area contributed by atoms with Crippen LogP contribution in [0.4, 0.5) is 0 Å². The van der Waals surface area contributed by atoms with Gasteiger partial charge in [0.2, 0.25) is 0 Å². The van der Waals surface area contributed by atoms with Crippen molar-refractivity contribution in [1.82, 2.24) is 19.7 Å². The van der Waals surface area contributed by atoms with Crippen LogP contribution in [0.1, 0.15) is 53.3 Å². The maximum Gasteiger partial charge on any atom is 0.274 e. The molecular weight excluding hydrogens is 312 g/mol. The van der Waals surface area contributed by atoms with Crippen molar-refractivity contribution >= 4 is 11.6 Å². The zero-order chi connectivity index (χ0) is 18.2. The van der Waals surface area contributed by atoms with Crippen molar-refractivity contribution in [3.8, 4) is 0 Å². The molecule has 0 fully saturated rings. The second kappa shape index (κ2) is 6.31. The molecular formula is C20H24N4O. The van der Waals surface area contributed by atoms with Gasteiger partial charge >= 0.3 is 0 Å². The highest BCUT2D eigenvalue weighted by Crippen LogP contribution is 2.25. The monoisotopic (exact) mass is 336 g/mol. The van der Waals surface area contributed by atoms with Gasteiger partial charge in [0.05, 0.1) is 5.54 Å². The fourth-order valence-corrected chi connectivity index (χ4v) is 3.03. The standard InChI is InChI=1S/C20H24N4O/c1-6-20(5,16-9-7-13(2)8-10-16)23-19(25)17-18-22-14(3)11-15(4)24(18)12-21-17/h7-12H,6H2,1-5H3,(H,23,25). The first kappa shape index (κ1) is 17.1. The van der Waals surface area contributed by atoms with Gasteiger partial charge in [-0.3, -0.25) is 9.20 Å². The third kappa shape index (κ3) is 3.14. The van der Waals surface area contributed by atoms with Gasteiger partial charge in [-0.15, -0.1) is 0 Å². The van der Waals surface area contributed by atoms with Gasteiger partial charge < -0.3 is 5.32 Å². The first-order chi connectivity index (χ1) is 11.8. The number of fused-ring (bicyclic) bond motifs is 1. The average Bonchev–Trinajstić information content (AvgIpc) is 2.99. The molecule has 0 aliphatic rings. The van der Waals surface area contributed by atoms with Crippen molar-refractivity contribution in [1.29, 1.82) is 0 Å². The first-order valence-corrected chi connectivity index (χ1v) is 8.55. The zero-order valence-corrected chi connectivity index (χ0v) is 15.4. The summed E-state index contributed by atoms with van der Waals surface area (Å²) >= 11 is 0. The summed E-state index contributed by atoms with van der Waals surface area (Å²) in [5, 5.41) is 3.16. The molecule has 1 N–H and O–H groups in total. The second-order valence-corrected chi connectivity index (χ2v) is 6.83. The maximum atomic E-state index is 12.9. The topological polar surface area (TPSA) is 59.3 Å². The van der Waals surface area contributed by atoms with Gasteiger partial charge in [-0.1, -0.05) is 36.8 Å². The molecule has 1 atom stereocenters. The van der Waals surface area contributed by atoms with E-state index >= 15 is 0 Å². The summed E-state index contributed by atoms with van der Waals surface area (Å²) in [4.78, 5) is 21.7. The van der Waals surface area contributed by atoms with Gasteiger partial charge in [-0.2, -0.15) is 0 Å². The molecule has 130 valence electrons. The lowest BCUT2D eigenvalue weighted by Crippen LogP contribution is -2.43. The molecule has 0 spiro atoms. The van der Waals surface area contributed by atoms with Crippen LogP contribution < -0.4 is 5.32 Å². The molecule has 1 aromatic carbocycles. The minimum atomic E-state index is -0.459. The van der Waals surface area contributed by atoms with Crippen LogP contribution in [0.25, 0.3) is 5.65 Å². The summed E-state index contributed by atoms with van der Waals surface area (Å²) in [5.41, 5.74) is 4.65. The van der Waals surface area contributed by atoms with E-state index in [1.54, 1.807) is 6.33 Å². The smallest absolute Gasteiger partial charge is 0.274 e. The number of hydrogen-bond acceptors (Lipinski definition) is 3. The Hall–Kier alpha value is -2.69. The number of imidazole rings is 1. The molecule has 2 heterocycles. The number of nitrogens with zero attached hydrogens (tertiary/aromatic N) is 3. The van der Waals surface area contributed by atoms with Crippen LogP contribution in [-0.4, -0.2) is 20.3 Å². The lowest BCUT2D eigenvalue weighted by atomic mass is 9.88. The molecule has 1 unspecified atom stereocenters. The first-order valence-electron chi connectivity index (χ1n) is 8.55. The normalized spacial score (nSPS) is 13.6. The quantitative estimate of drug-likeness (QED) is 0.790. The van der Waals surface area contributed by atoms with Crippen LogP contribution in [0.2, 0.25) is 0 Å². The van der Waals surface area contributed by atoms with Crippen LogP contribution in [0.3, 0.4) is 0 Å². The van der Waals surface area contributed by atoms with Crippen molar-refractivity contribution in [3.05, 3.63) is 64.9 Å². The van der Waals surface area contributed by atoms with E-state index in [9.17, 15) is 4.79 Å². The number of benzene rings is 1. The lowest BCUT2D eigenvalue weighted by molar-refractivity contribution is 0.0899. The molecule has 1 amide bonds.